The summed E-state index contributed by atoms with van der Waals surface area (Å²) in [6.45, 7) is 1.39. The molecule has 0 spiro atoms. The van der Waals surface area contributed by atoms with Gasteiger partial charge in [-0.3, -0.25) is 0 Å². The molecular formula is C12H12ClFN2O2. The van der Waals surface area contributed by atoms with Crippen LogP contribution in [0.4, 0.5) is 4.39 Å². The van der Waals surface area contributed by atoms with Crippen molar-refractivity contribution < 1.29 is 13.9 Å². The molecular weight excluding hydrogens is 259 g/mol. The Balaban J connectivity index is 2.37. The third-order valence-corrected chi connectivity index (χ3v) is 3.36. The predicted octanol–water partition coefficient (Wildman–Crippen LogP) is 2.42. The van der Waals surface area contributed by atoms with E-state index in [1.54, 1.807) is 18.2 Å². The van der Waals surface area contributed by atoms with Crippen molar-refractivity contribution in [2.45, 2.75) is 18.0 Å². The number of carbonyl (C=O) groups is 1. The number of ether oxygens (including phenoxy) is 1. The Morgan fingerprint density at radius 3 is 3.06 bits per heavy atom. The van der Waals surface area contributed by atoms with Gasteiger partial charge in [-0.05, 0) is 13.0 Å². The van der Waals surface area contributed by atoms with Gasteiger partial charge in [0.2, 0.25) is 0 Å². The van der Waals surface area contributed by atoms with Crippen LogP contribution in [0.1, 0.15) is 17.4 Å². The van der Waals surface area contributed by atoms with E-state index in [4.69, 9.17) is 11.6 Å². The topological polar surface area (TPSA) is 44.1 Å². The first kappa shape index (κ1) is 12.8. The molecule has 0 amide bonds. The fraction of sp³-hybridized carbons (Fsp3) is 0.333. The average Bonchev–Trinajstić information content (AvgIpc) is 2.80. The van der Waals surface area contributed by atoms with Gasteiger partial charge in [0.15, 0.2) is 11.4 Å². The average molecular weight is 271 g/mol. The number of rotatable bonds is 2. The van der Waals surface area contributed by atoms with Crippen molar-refractivity contribution in [2.75, 3.05) is 7.11 Å². The quantitative estimate of drug-likeness (QED) is 0.612. The molecule has 0 saturated carbocycles. The Kier molecular flexibility index (Phi) is 3.26. The van der Waals surface area contributed by atoms with Crippen molar-refractivity contribution in [3.8, 4) is 0 Å². The molecule has 96 valence electrons. The van der Waals surface area contributed by atoms with E-state index < -0.39 is 17.0 Å². The first-order valence-corrected chi connectivity index (χ1v) is 5.75. The standard InChI is InChI=1S/C12H12ClFN2O2/c1-12(14)9(13)4-3-5-10(12)16-6-8(15-7-16)11(17)18-2/h3-7,9H,1-2H3. The van der Waals surface area contributed by atoms with Gasteiger partial charge in [-0.1, -0.05) is 12.2 Å². The molecule has 1 aliphatic carbocycles. The summed E-state index contributed by atoms with van der Waals surface area (Å²) in [7, 11) is 1.26. The third kappa shape index (κ3) is 2.06. The minimum Gasteiger partial charge on any atom is -0.464 e. The van der Waals surface area contributed by atoms with E-state index in [9.17, 15) is 9.18 Å². The molecule has 1 aliphatic rings. The number of halogens is 2. The van der Waals surface area contributed by atoms with Gasteiger partial charge >= 0.3 is 5.97 Å². The molecule has 0 radical (unpaired) electrons. The molecule has 2 rings (SSSR count). The fourth-order valence-electron chi connectivity index (χ4n) is 1.73. The molecule has 18 heavy (non-hydrogen) atoms. The Morgan fingerprint density at radius 1 is 1.67 bits per heavy atom. The maximum absolute atomic E-state index is 14.5. The van der Waals surface area contributed by atoms with E-state index in [2.05, 4.69) is 9.72 Å². The van der Waals surface area contributed by atoms with Gasteiger partial charge in [-0.25, -0.2) is 14.2 Å². The molecule has 0 saturated heterocycles. The smallest absolute Gasteiger partial charge is 0.358 e. The monoisotopic (exact) mass is 270 g/mol. The molecule has 2 unspecified atom stereocenters. The first-order valence-electron chi connectivity index (χ1n) is 5.31. The van der Waals surface area contributed by atoms with Gasteiger partial charge in [-0.2, -0.15) is 0 Å². The number of aromatic nitrogens is 2. The highest BCUT2D eigenvalue weighted by molar-refractivity contribution is 6.23. The summed E-state index contributed by atoms with van der Waals surface area (Å²) in [5.74, 6) is -0.566. The van der Waals surface area contributed by atoms with Crippen LogP contribution in [0.5, 0.6) is 0 Å². The highest BCUT2D eigenvalue weighted by Crippen LogP contribution is 2.36. The summed E-state index contributed by atoms with van der Waals surface area (Å²) in [5, 5.41) is -0.763. The molecule has 0 N–H and O–H groups in total. The van der Waals surface area contributed by atoms with Crippen LogP contribution in [0.15, 0.2) is 30.8 Å². The van der Waals surface area contributed by atoms with E-state index in [1.807, 2.05) is 0 Å². The zero-order valence-electron chi connectivity index (χ0n) is 9.93. The normalized spacial score (nSPS) is 26.9. The van der Waals surface area contributed by atoms with Gasteiger partial charge in [0.25, 0.3) is 0 Å². The molecule has 0 aliphatic heterocycles. The van der Waals surface area contributed by atoms with Crippen molar-refractivity contribution in [2.24, 2.45) is 0 Å². The number of alkyl halides is 2. The highest BCUT2D eigenvalue weighted by Gasteiger charge is 2.38. The lowest BCUT2D eigenvalue weighted by molar-refractivity contribution is 0.0594. The molecule has 1 heterocycles. The molecule has 2 atom stereocenters. The SMILES string of the molecule is COC(=O)c1cn(C2=CC=CC(Cl)C2(C)F)cn1. The summed E-state index contributed by atoms with van der Waals surface area (Å²) >= 11 is 5.92. The van der Waals surface area contributed by atoms with Crippen LogP contribution in [0, 0.1) is 0 Å². The molecule has 0 aromatic carbocycles. The number of imidazole rings is 1. The number of allylic oxidation sites excluding steroid dienone is 4. The Bertz CT molecular complexity index is 534. The van der Waals surface area contributed by atoms with Gasteiger partial charge < -0.3 is 9.30 Å². The molecule has 1 aromatic heterocycles. The number of nitrogens with zero attached hydrogens (tertiary/aromatic N) is 2. The zero-order valence-corrected chi connectivity index (χ0v) is 10.7. The van der Waals surface area contributed by atoms with Crippen molar-refractivity contribution in [3.05, 3.63) is 36.4 Å². The molecule has 4 nitrogen and oxygen atoms in total. The summed E-state index contributed by atoms with van der Waals surface area (Å²) in [6.07, 6.45) is 7.62. The van der Waals surface area contributed by atoms with Crippen molar-refractivity contribution >= 4 is 23.3 Å². The molecule has 0 fully saturated rings. The first-order chi connectivity index (χ1) is 8.46. The second kappa shape index (κ2) is 4.57. The summed E-state index contributed by atoms with van der Waals surface area (Å²) in [4.78, 5) is 15.2. The van der Waals surface area contributed by atoms with Gasteiger partial charge in [0.05, 0.1) is 18.2 Å². The van der Waals surface area contributed by atoms with Crippen LogP contribution in [-0.4, -0.2) is 33.7 Å². The molecule has 6 heteroatoms. The second-order valence-corrected chi connectivity index (χ2v) is 4.54. The molecule has 0 bridgehead atoms. The van der Waals surface area contributed by atoms with Crippen LogP contribution >= 0.6 is 11.6 Å². The highest BCUT2D eigenvalue weighted by atomic mass is 35.5. The minimum atomic E-state index is -1.73. The largest absolute Gasteiger partial charge is 0.464 e. The van der Waals surface area contributed by atoms with Crippen LogP contribution in [0.2, 0.25) is 0 Å². The van der Waals surface area contributed by atoms with E-state index in [0.29, 0.717) is 5.70 Å². The summed E-state index contributed by atoms with van der Waals surface area (Å²) in [5.41, 5.74) is -1.28. The van der Waals surface area contributed by atoms with Crippen molar-refractivity contribution in [1.29, 1.82) is 0 Å². The number of hydrogen-bond acceptors (Lipinski definition) is 3. The van der Waals surface area contributed by atoms with Gasteiger partial charge in [0.1, 0.15) is 6.33 Å². The van der Waals surface area contributed by atoms with E-state index in [0.717, 1.165) is 0 Å². The summed E-state index contributed by atoms with van der Waals surface area (Å²) in [6, 6.07) is 0. The predicted molar refractivity (Wildman–Crippen MR) is 66.1 cm³/mol. The number of esters is 1. The lowest BCUT2D eigenvalue weighted by Gasteiger charge is -2.29. The zero-order chi connectivity index (χ0) is 13.3. The van der Waals surface area contributed by atoms with Crippen LogP contribution in [0.25, 0.3) is 5.70 Å². The minimum absolute atomic E-state index is 0.120. The van der Waals surface area contributed by atoms with E-state index >= 15 is 0 Å². The maximum Gasteiger partial charge on any atom is 0.358 e. The number of methoxy groups -OCH3 is 1. The maximum atomic E-state index is 14.5. The van der Waals surface area contributed by atoms with Crippen molar-refractivity contribution in [3.63, 3.8) is 0 Å². The van der Waals surface area contributed by atoms with Crippen LogP contribution in [0.3, 0.4) is 0 Å². The van der Waals surface area contributed by atoms with Gasteiger partial charge in [0, 0.05) is 6.20 Å². The lowest BCUT2D eigenvalue weighted by atomic mass is 9.95. The summed E-state index contributed by atoms with van der Waals surface area (Å²) < 4.78 is 20.5. The van der Waals surface area contributed by atoms with E-state index in [-0.39, 0.29) is 5.69 Å². The van der Waals surface area contributed by atoms with Crippen molar-refractivity contribution in [1.82, 2.24) is 9.55 Å². The Hall–Kier alpha value is -1.62. The third-order valence-electron chi connectivity index (χ3n) is 2.81. The van der Waals surface area contributed by atoms with E-state index in [1.165, 1.54) is 31.1 Å². The fourth-order valence-corrected chi connectivity index (χ4v) is 1.93. The Morgan fingerprint density at radius 2 is 2.39 bits per heavy atom. The second-order valence-electron chi connectivity index (χ2n) is 4.07. The number of hydrogen-bond donors (Lipinski definition) is 0. The molecule has 1 aromatic rings. The van der Waals surface area contributed by atoms with Gasteiger partial charge in [-0.15, -0.1) is 11.6 Å². The lowest BCUT2D eigenvalue weighted by Crippen LogP contribution is -2.34. The van der Waals surface area contributed by atoms with Crippen LogP contribution < -0.4 is 0 Å². The Labute approximate surface area is 109 Å². The number of carbonyl (C=O) groups excluding carboxylic acids is 1. The van der Waals surface area contributed by atoms with Crippen LogP contribution in [-0.2, 0) is 4.74 Å².